The number of terminal acetylenes is 1. The van der Waals surface area contributed by atoms with Gasteiger partial charge in [-0.1, -0.05) is 20.8 Å². The van der Waals surface area contributed by atoms with E-state index in [1.54, 1.807) is 18.3 Å². The lowest BCUT2D eigenvalue weighted by Crippen LogP contribution is -2.12. The highest BCUT2D eigenvalue weighted by molar-refractivity contribution is 5.91. The van der Waals surface area contributed by atoms with Crippen LogP contribution in [0.5, 0.6) is 5.75 Å². The number of phenols is 1. The summed E-state index contributed by atoms with van der Waals surface area (Å²) in [4.78, 5) is 4.21. The fraction of sp³-hybridized carbons (Fsp3) is 0.267. The normalized spacial score (nSPS) is 11.4. The Kier molecular flexibility index (Phi) is 2.55. The Morgan fingerprint density at radius 1 is 1.29 bits per heavy atom. The van der Waals surface area contributed by atoms with Crippen LogP contribution in [0, 0.1) is 12.3 Å². The van der Waals surface area contributed by atoms with Crippen molar-refractivity contribution in [2.45, 2.75) is 26.2 Å². The molecule has 0 saturated heterocycles. The molecule has 2 rings (SSSR count). The fourth-order valence-corrected chi connectivity index (χ4v) is 2.00. The van der Waals surface area contributed by atoms with Gasteiger partial charge in [0.25, 0.3) is 0 Å². The van der Waals surface area contributed by atoms with Gasteiger partial charge in [0, 0.05) is 11.6 Å². The molecule has 0 saturated carbocycles. The van der Waals surface area contributed by atoms with Crippen LogP contribution in [-0.4, -0.2) is 10.1 Å². The highest BCUT2D eigenvalue weighted by atomic mass is 16.3. The Bertz CT molecular complexity index is 615. The van der Waals surface area contributed by atoms with E-state index in [0.717, 1.165) is 16.3 Å². The Labute approximate surface area is 101 Å². The van der Waals surface area contributed by atoms with E-state index >= 15 is 0 Å². The Hall–Kier alpha value is -2.01. The van der Waals surface area contributed by atoms with Crippen molar-refractivity contribution in [1.29, 1.82) is 0 Å². The zero-order valence-corrected chi connectivity index (χ0v) is 10.3. The number of aromatic nitrogens is 1. The second-order valence-corrected chi connectivity index (χ2v) is 5.15. The van der Waals surface area contributed by atoms with E-state index in [0.29, 0.717) is 5.69 Å². The molecule has 0 spiro atoms. The molecule has 1 heterocycles. The molecule has 0 bridgehead atoms. The lowest BCUT2D eigenvalue weighted by molar-refractivity contribution is 0.472. The molecule has 0 atom stereocenters. The fourth-order valence-electron chi connectivity index (χ4n) is 2.00. The van der Waals surface area contributed by atoms with Crippen LogP contribution < -0.4 is 0 Å². The summed E-state index contributed by atoms with van der Waals surface area (Å²) in [6, 6.07) is 5.35. The maximum absolute atomic E-state index is 9.77. The highest BCUT2D eigenvalue weighted by Crippen LogP contribution is 2.34. The van der Waals surface area contributed by atoms with Crippen LogP contribution >= 0.6 is 0 Å². The Morgan fingerprint density at radius 3 is 2.59 bits per heavy atom. The topological polar surface area (TPSA) is 33.1 Å². The first-order valence-electron chi connectivity index (χ1n) is 5.52. The largest absolute Gasteiger partial charge is 0.508 e. The minimum absolute atomic E-state index is 0.0916. The standard InChI is InChI=1S/C15H15NO/c1-5-13-14-10(6-7-16-13)8-11(17)9-12(14)15(2,3)4/h1,6-9,17H,2-4H3. The van der Waals surface area contributed by atoms with E-state index < -0.39 is 0 Å². The third kappa shape index (κ3) is 1.97. The summed E-state index contributed by atoms with van der Waals surface area (Å²) < 4.78 is 0. The molecule has 86 valence electrons. The van der Waals surface area contributed by atoms with Crippen LogP contribution in [0.1, 0.15) is 32.0 Å². The first-order valence-corrected chi connectivity index (χ1v) is 5.52. The van der Waals surface area contributed by atoms with Crippen molar-refractivity contribution in [2.75, 3.05) is 0 Å². The summed E-state index contributed by atoms with van der Waals surface area (Å²) >= 11 is 0. The third-order valence-electron chi connectivity index (χ3n) is 2.79. The van der Waals surface area contributed by atoms with Crippen LogP contribution in [0.4, 0.5) is 0 Å². The number of fused-ring (bicyclic) bond motifs is 1. The molecule has 2 nitrogen and oxygen atoms in total. The molecular formula is C15H15NO. The van der Waals surface area contributed by atoms with Crippen molar-refractivity contribution in [3.05, 3.63) is 35.7 Å². The van der Waals surface area contributed by atoms with Crippen LogP contribution in [0.2, 0.25) is 0 Å². The van der Waals surface area contributed by atoms with Gasteiger partial charge in [0.1, 0.15) is 11.4 Å². The molecule has 0 fully saturated rings. The number of rotatable bonds is 0. The van der Waals surface area contributed by atoms with Crippen molar-refractivity contribution in [1.82, 2.24) is 4.98 Å². The molecular weight excluding hydrogens is 210 g/mol. The minimum atomic E-state index is -0.0916. The van der Waals surface area contributed by atoms with Crippen LogP contribution in [0.15, 0.2) is 24.4 Å². The third-order valence-corrected chi connectivity index (χ3v) is 2.79. The first-order chi connectivity index (χ1) is 7.93. The SMILES string of the molecule is C#Cc1nccc2cc(O)cc(C(C)(C)C)c12. The smallest absolute Gasteiger partial charge is 0.120 e. The Morgan fingerprint density at radius 2 is 2.00 bits per heavy atom. The predicted octanol–water partition coefficient (Wildman–Crippen LogP) is 3.22. The zero-order chi connectivity index (χ0) is 12.6. The second kappa shape index (κ2) is 3.78. The van der Waals surface area contributed by atoms with Crippen LogP contribution in [0.25, 0.3) is 10.8 Å². The monoisotopic (exact) mass is 225 g/mol. The van der Waals surface area contributed by atoms with Gasteiger partial charge in [-0.05, 0) is 40.5 Å². The molecule has 0 amide bonds. The van der Waals surface area contributed by atoms with Gasteiger partial charge in [0.05, 0.1) is 0 Å². The second-order valence-electron chi connectivity index (χ2n) is 5.15. The summed E-state index contributed by atoms with van der Waals surface area (Å²) in [5.74, 6) is 2.87. The number of pyridine rings is 1. The molecule has 0 unspecified atom stereocenters. The molecule has 1 aromatic carbocycles. The molecule has 2 heteroatoms. The number of hydrogen-bond acceptors (Lipinski definition) is 2. The van der Waals surface area contributed by atoms with Gasteiger partial charge in [-0.3, -0.25) is 0 Å². The molecule has 0 radical (unpaired) electrons. The Balaban J connectivity index is 2.96. The molecule has 0 aliphatic carbocycles. The van der Waals surface area contributed by atoms with E-state index in [4.69, 9.17) is 6.42 Å². The lowest BCUT2D eigenvalue weighted by atomic mass is 9.83. The quantitative estimate of drug-likeness (QED) is 0.698. The summed E-state index contributed by atoms with van der Waals surface area (Å²) in [7, 11) is 0. The van der Waals surface area contributed by atoms with E-state index in [2.05, 4.69) is 31.7 Å². The zero-order valence-electron chi connectivity index (χ0n) is 10.3. The number of aromatic hydroxyl groups is 1. The maximum atomic E-state index is 9.77. The van der Waals surface area contributed by atoms with Crippen molar-refractivity contribution in [2.24, 2.45) is 0 Å². The molecule has 0 aliphatic rings. The van der Waals surface area contributed by atoms with Crippen molar-refractivity contribution < 1.29 is 5.11 Å². The van der Waals surface area contributed by atoms with Gasteiger partial charge < -0.3 is 5.11 Å². The number of hydrogen-bond donors (Lipinski definition) is 1. The van der Waals surface area contributed by atoms with Crippen molar-refractivity contribution in [3.63, 3.8) is 0 Å². The highest BCUT2D eigenvalue weighted by Gasteiger charge is 2.19. The summed E-state index contributed by atoms with van der Waals surface area (Å²) in [6.45, 7) is 6.28. The van der Waals surface area contributed by atoms with E-state index in [1.165, 1.54) is 0 Å². The average Bonchev–Trinajstić information content (AvgIpc) is 2.25. The van der Waals surface area contributed by atoms with Crippen LogP contribution in [0.3, 0.4) is 0 Å². The van der Waals surface area contributed by atoms with Gasteiger partial charge in [-0.25, -0.2) is 4.98 Å². The van der Waals surface area contributed by atoms with Crippen LogP contribution in [-0.2, 0) is 5.41 Å². The molecule has 17 heavy (non-hydrogen) atoms. The van der Waals surface area contributed by atoms with Gasteiger partial charge in [0.2, 0.25) is 0 Å². The summed E-state index contributed by atoms with van der Waals surface area (Å²) in [5.41, 5.74) is 1.56. The molecule has 2 aromatic rings. The molecule has 0 aliphatic heterocycles. The minimum Gasteiger partial charge on any atom is -0.508 e. The number of phenolic OH excluding ortho intramolecular Hbond substituents is 1. The van der Waals surface area contributed by atoms with Gasteiger partial charge in [0.15, 0.2) is 0 Å². The van der Waals surface area contributed by atoms with E-state index in [1.807, 2.05) is 6.07 Å². The van der Waals surface area contributed by atoms with Gasteiger partial charge in [-0.15, -0.1) is 6.42 Å². The average molecular weight is 225 g/mol. The lowest BCUT2D eigenvalue weighted by Gasteiger charge is -2.22. The van der Waals surface area contributed by atoms with Gasteiger partial charge in [-0.2, -0.15) is 0 Å². The first kappa shape index (κ1) is 11.5. The number of nitrogens with zero attached hydrogens (tertiary/aromatic N) is 1. The predicted molar refractivity (Wildman–Crippen MR) is 70.0 cm³/mol. The molecule has 1 N–H and O–H groups in total. The summed E-state index contributed by atoms with van der Waals surface area (Å²) in [5, 5.41) is 11.7. The van der Waals surface area contributed by atoms with E-state index in [-0.39, 0.29) is 11.2 Å². The van der Waals surface area contributed by atoms with Gasteiger partial charge >= 0.3 is 0 Å². The summed E-state index contributed by atoms with van der Waals surface area (Å²) in [6.07, 6.45) is 7.16. The van der Waals surface area contributed by atoms with Crippen molar-refractivity contribution in [3.8, 4) is 18.1 Å². The number of benzene rings is 1. The maximum Gasteiger partial charge on any atom is 0.120 e. The van der Waals surface area contributed by atoms with Crippen molar-refractivity contribution >= 4 is 10.8 Å². The van der Waals surface area contributed by atoms with E-state index in [9.17, 15) is 5.11 Å². The molecule has 1 aromatic heterocycles.